The van der Waals surface area contributed by atoms with E-state index in [1.165, 1.54) is 12.1 Å². The van der Waals surface area contributed by atoms with Gasteiger partial charge in [0.05, 0.1) is 16.0 Å². The molecule has 0 bridgehead atoms. The average Bonchev–Trinajstić information content (AvgIpc) is 2.82. The normalized spacial score (nSPS) is 11.4. The van der Waals surface area contributed by atoms with Crippen molar-refractivity contribution in [2.24, 2.45) is 7.05 Å². The molecule has 2 aromatic rings. The zero-order chi connectivity index (χ0) is 14.8. The van der Waals surface area contributed by atoms with Crippen LogP contribution in [0, 0.1) is 10.1 Å². The van der Waals surface area contributed by atoms with Crippen LogP contribution in [0.15, 0.2) is 41.6 Å². The van der Waals surface area contributed by atoms with Gasteiger partial charge in [0.25, 0.3) is 5.69 Å². The van der Waals surface area contributed by atoms with E-state index in [9.17, 15) is 18.5 Å². The Hall–Kier alpha value is -2.26. The van der Waals surface area contributed by atoms with E-state index >= 15 is 0 Å². The van der Waals surface area contributed by atoms with Gasteiger partial charge in [-0.15, -0.1) is 0 Å². The highest BCUT2D eigenvalue weighted by Gasteiger charge is 2.15. The number of nitrogens with zero attached hydrogens (tertiary/aromatic N) is 3. The van der Waals surface area contributed by atoms with E-state index in [2.05, 4.69) is 9.82 Å². The van der Waals surface area contributed by atoms with Crippen LogP contribution in [0.3, 0.4) is 0 Å². The number of nitro benzene ring substituents is 1. The van der Waals surface area contributed by atoms with E-state index in [4.69, 9.17) is 0 Å². The first-order chi connectivity index (χ1) is 9.38. The predicted molar refractivity (Wildman–Crippen MR) is 70.3 cm³/mol. The summed E-state index contributed by atoms with van der Waals surface area (Å²) < 4.78 is 27.9. The largest absolute Gasteiger partial charge is 0.275 e. The molecule has 0 aliphatic carbocycles. The summed E-state index contributed by atoms with van der Waals surface area (Å²) in [5, 5.41) is 14.4. The summed E-state index contributed by atoms with van der Waals surface area (Å²) in [6.45, 7) is 0.104. The molecular weight excluding hydrogens is 284 g/mol. The molecule has 1 aromatic carbocycles. The van der Waals surface area contributed by atoms with Crippen molar-refractivity contribution < 1.29 is 13.3 Å². The smallest absolute Gasteiger partial charge is 0.269 e. The van der Waals surface area contributed by atoms with Gasteiger partial charge in [-0.05, 0) is 12.1 Å². The van der Waals surface area contributed by atoms with Gasteiger partial charge < -0.3 is 0 Å². The van der Waals surface area contributed by atoms with E-state index in [1.807, 2.05) is 0 Å². The molecule has 2 rings (SSSR count). The molecule has 0 saturated carbocycles. The Labute approximate surface area is 115 Å². The first-order valence-corrected chi connectivity index (χ1v) is 7.08. The summed E-state index contributed by atoms with van der Waals surface area (Å²) in [5.41, 5.74) is 0.564. The number of aromatic nitrogens is 2. The van der Waals surface area contributed by atoms with E-state index in [0.717, 1.165) is 17.7 Å². The van der Waals surface area contributed by atoms with Crippen molar-refractivity contribution in [3.63, 3.8) is 0 Å². The van der Waals surface area contributed by atoms with Crippen molar-refractivity contribution in [2.45, 2.75) is 11.4 Å². The van der Waals surface area contributed by atoms with Crippen molar-refractivity contribution in [1.29, 1.82) is 0 Å². The molecule has 1 N–H and O–H groups in total. The van der Waals surface area contributed by atoms with Crippen LogP contribution in [0.4, 0.5) is 5.69 Å². The number of sulfonamides is 1. The fraction of sp³-hybridized carbons (Fsp3) is 0.182. The lowest BCUT2D eigenvalue weighted by Gasteiger charge is -2.05. The van der Waals surface area contributed by atoms with Crippen molar-refractivity contribution in [3.8, 4) is 0 Å². The second-order valence-corrected chi connectivity index (χ2v) is 5.86. The molecule has 0 fully saturated rings. The zero-order valence-electron chi connectivity index (χ0n) is 10.6. The number of non-ortho nitro benzene ring substituents is 1. The maximum atomic E-state index is 12.0. The Morgan fingerprint density at radius 2 is 2.00 bits per heavy atom. The lowest BCUT2D eigenvalue weighted by molar-refractivity contribution is -0.384. The van der Waals surface area contributed by atoms with Crippen molar-refractivity contribution in [1.82, 2.24) is 14.5 Å². The molecule has 0 spiro atoms. The SMILES string of the molecule is Cn1cc(CNS(=O)(=O)c2ccc([N+](=O)[O-])cc2)cn1. The first-order valence-electron chi connectivity index (χ1n) is 5.60. The minimum atomic E-state index is -3.70. The fourth-order valence-electron chi connectivity index (χ4n) is 1.57. The van der Waals surface area contributed by atoms with Gasteiger partial charge in [-0.2, -0.15) is 5.10 Å². The minimum absolute atomic E-state index is 0.0213. The highest BCUT2D eigenvalue weighted by atomic mass is 32.2. The number of benzene rings is 1. The standard InChI is InChI=1S/C11H12N4O4S/c1-14-8-9(6-12-14)7-13-20(18,19)11-4-2-10(3-5-11)15(16)17/h2-6,8,13H,7H2,1H3. The molecule has 0 aliphatic heterocycles. The summed E-state index contributed by atoms with van der Waals surface area (Å²) in [5.74, 6) is 0. The van der Waals surface area contributed by atoms with E-state index in [1.54, 1.807) is 24.1 Å². The van der Waals surface area contributed by atoms with Crippen LogP contribution in [0.2, 0.25) is 0 Å². The topological polar surface area (TPSA) is 107 Å². The molecular formula is C11H12N4O4S. The maximum Gasteiger partial charge on any atom is 0.269 e. The number of rotatable bonds is 5. The molecule has 0 aliphatic rings. The number of nitro groups is 1. The van der Waals surface area contributed by atoms with Crippen molar-refractivity contribution >= 4 is 15.7 Å². The Morgan fingerprint density at radius 3 is 2.50 bits per heavy atom. The number of hydrogen-bond acceptors (Lipinski definition) is 5. The Balaban J connectivity index is 2.11. The van der Waals surface area contributed by atoms with Crippen molar-refractivity contribution in [2.75, 3.05) is 0 Å². The predicted octanol–water partition coefficient (Wildman–Crippen LogP) is 0.807. The summed E-state index contributed by atoms with van der Waals surface area (Å²) in [7, 11) is -1.97. The second kappa shape index (κ2) is 5.39. The highest BCUT2D eigenvalue weighted by Crippen LogP contribution is 2.15. The lowest BCUT2D eigenvalue weighted by Crippen LogP contribution is -2.23. The van der Waals surface area contributed by atoms with Crippen LogP contribution >= 0.6 is 0 Å². The van der Waals surface area contributed by atoms with E-state index in [-0.39, 0.29) is 17.1 Å². The Kier molecular flexibility index (Phi) is 3.81. The second-order valence-electron chi connectivity index (χ2n) is 4.10. The zero-order valence-corrected chi connectivity index (χ0v) is 11.4. The molecule has 20 heavy (non-hydrogen) atoms. The molecule has 8 nitrogen and oxygen atoms in total. The molecule has 106 valence electrons. The van der Waals surface area contributed by atoms with E-state index in [0.29, 0.717) is 0 Å². The monoisotopic (exact) mass is 296 g/mol. The Morgan fingerprint density at radius 1 is 1.35 bits per heavy atom. The quantitative estimate of drug-likeness (QED) is 0.649. The molecule has 0 amide bonds. The first kappa shape index (κ1) is 14.2. The van der Waals surface area contributed by atoms with E-state index < -0.39 is 14.9 Å². The van der Waals surface area contributed by atoms with Gasteiger partial charge in [-0.25, -0.2) is 13.1 Å². The highest BCUT2D eigenvalue weighted by molar-refractivity contribution is 7.89. The molecule has 1 heterocycles. The number of nitrogens with one attached hydrogen (secondary N) is 1. The van der Waals surface area contributed by atoms with Crippen LogP contribution in [0.25, 0.3) is 0 Å². The minimum Gasteiger partial charge on any atom is -0.275 e. The molecule has 0 radical (unpaired) electrons. The summed E-state index contributed by atoms with van der Waals surface area (Å²) in [6.07, 6.45) is 3.25. The lowest BCUT2D eigenvalue weighted by atomic mass is 10.3. The third-order valence-corrected chi connectivity index (χ3v) is 4.00. The summed E-state index contributed by atoms with van der Waals surface area (Å²) >= 11 is 0. The third-order valence-electron chi connectivity index (χ3n) is 2.58. The van der Waals surface area contributed by atoms with Crippen LogP contribution in [-0.4, -0.2) is 23.1 Å². The summed E-state index contributed by atoms with van der Waals surface area (Å²) in [6, 6.07) is 4.70. The molecule has 1 aromatic heterocycles. The van der Waals surface area contributed by atoms with Gasteiger partial charge in [0.2, 0.25) is 10.0 Å². The number of aryl methyl sites for hydroxylation is 1. The average molecular weight is 296 g/mol. The van der Waals surface area contributed by atoms with Gasteiger partial charge >= 0.3 is 0 Å². The number of hydrogen-bond donors (Lipinski definition) is 1. The molecule has 9 heteroatoms. The fourth-order valence-corrected chi connectivity index (χ4v) is 2.59. The molecule has 0 unspecified atom stereocenters. The summed E-state index contributed by atoms with van der Waals surface area (Å²) in [4.78, 5) is 9.90. The maximum absolute atomic E-state index is 12.0. The Bertz CT molecular complexity index is 721. The van der Waals surface area contributed by atoms with Crippen LogP contribution in [-0.2, 0) is 23.6 Å². The van der Waals surface area contributed by atoms with Gasteiger partial charge in [0.15, 0.2) is 0 Å². The molecule has 0 saturated heterocycles. The van der Waals surface area contributed by atoms with Gasteiger partial charge in [-0.3, -0.25) is 14.8 Å². The van der Waals surface area contributed by atoms with Gasteiger partial charge in [0, 0.05) is 37.5 Å². The van der Waals surface area contributed by atoms with Gasteiger partial charge in [0.1, 0.15) is 0 Å². The van der Waals surface area contributed by atoms with Crippen LogP contribution < -0.4 is 4.72 Å². The third kappa shape index (κ3) is 3.19. The van der Waals surface area contributed by atoms with Crippen LogP contribution in [0.1, 0.15) is 5.56 Å². The van der Waals surface area contributed by atoms with Gasteiger partial charge in [-0.1, -0.05) is 0 Å². The molecule has 0 atom stereocenters. The van der Waals surface area contributed by atoms with Crippen LogP contribution in [0.5, 0.6) is 0 Å². The van der Waals surface area contributed by atoms with Crippen molar-refractivity contribution in [3.05, 3.63) is 52.3 Å².